The number of benzene rings is 1. The molecule has 0 saturated carbocycles. The number of guanidine groups is 1. The Morgan fingerprint density at radius 2 is 2.08 bits per heavy atom. The summed E-state index contributed by atoms with van der Waals surface area (Å²) in [6.07, 6.45) is 2.19. The Morgan fingerprint density at radius 3 is 2.71 bits per heavy atom. The average Bonchev–Trinajstić information content (AvgIpc) is 3.03. The number of aryl methyl sites for hydroxylation is 1. The van der Waals surface area contributed by atoms with E-state index < -0.39 is 0 Å². The fourth-order valence-electron chi connectivity index (χ4n) is 2.78. The quantitative estimate of drug-likeness (QED) is 0.683. The largest absolute Gasteiger partial charge is 0.490 e. The number of rotatable bonds is 4. The molecule has 0 spiro atoms. The van der Waals surface area contributed by atoms with Crippen molar-refractivity contribution in [2.24, 2.45) is 4.99 Å². The van der Waals surface area contributed by atoms with E-state index in [9.17, 15) is 0 Å². The van der Waals surface area contributed by atoms with Crippen LogP contribution in [0.3, 0.4) is 0 Å². The number of hydrogen-bond donors (Lipinski definition) is 1. The lowest BCUT2D eigenvalue weighted by Gasteiger charge is -2.34. The maximum atomic E-state index is 6.03. The summed E-state index contributed by atoms with van der Waals surface area (Å²) in [5.74, 6) is 3.00. The first-order chi connectivity index (χ1) is 11.7. The van der Waals surface area contributed by atoms with E-state index in [2.05, 4.69) is 25.3 Å². The number of hydrogen-bond acceptors (Lipinski definition) is 5. The Morgan fingerprint density at radius 1 is 1.33 bits per heavy atom. The zero-order valence-corrected chi connectivity index (χ0v) is 14.1. The van der Waals surface area contributed by atoms with Crippen molar-refractivity contribution in [3.8, 4) is 5.75 Å². The highest BCUT2D eigenvalue weighted by Gasteiger charge is 2.22. The molecule has 1 fully saturated rings. The highest BCUT2D eigenvalue weighted by molar-refractivity contribution is 5.79. The summed E-state index contributed by atoms with van der Waals surface area (Å²) in [5.41, 5.74) is 0. The Bertz CT molecular complexity index is 663. The first kappa shape index (κ1) is 16.3. The molecule has 7 heteroatoms. The van der Waals surface area contributed by atoms with E-state index in [0.29, 0.717) is 18.3 Å². The Hall–Kier alpha value is -2.57. The number of likely N-dealkylation sites (tertiary alicyclic amines) is 1. The number of nitrogens with one attached hydrogen (secondary N) is 1. The molecule has 1 aliphatic rings. The minimum absolute atomic E-state index is 0.251. The van der Waals surface area contributed by atoms with Gasteiger partial charge in [0.25, 0.3) is 0 Å². The van der Waals surface area contributed by atoms with Gasteiger partial charge in [-0.05, 0) is 12.1 Å². The van der Waals surface area contributed by atoms with Crippen LogP contribution in [0.4, 0.5) is 0 Å². The maximum absolute atomic E-state index is 6.03. The molecule has 1 saturated heterocycles. The van der Waals surface area contributed by atoms with Gasteiger partial charge in [-0.1, -0.05) is 23.4 Å². The lowest BCUT2D eigenvalue weighted by molar-refractivity contribution is 0.129. The number of para-hydroxylation sites is 1. The van der Waals surface area contributed by atoms with Crippen molar-refractivity contribution in [2.75, 3.05) is 20.1 Å². The van der Waals surface area contributed by atoms with E-state index in [1.807, 2.05) is 30.3 Å². The van der Waals surface area contributed by atoms with Gasteiger partial charge < -0.3 is 19.5 Å². The second-order valence-corrected chi connectivity index (χ2v) is 5.75. The smallest absolute Gasteiger partial charge is 0.223 e. The molecule has 1 aromatic heterocycles. The van der Waals surface area contributed by atoms with Crippen LogP contribution in [-0.2, 0) is 6.54 Å². The number of nitrogens with zero attached hydrogens (tertiary/aromatic N) is 4. The third-order valence-corrected chi connectivity index (χ3v) is 3.97. The van der Waals surface area contributed by atoms with Gasteiger partial charge >= 0.3 is 0 Å². The van der Waals surface area contributed by atoms with Crippen molar-refractivity contribution >= 4 is 5.96 Å². The molecule has 1 N–H and O–H groups in total. The minimum Gasteiger partial charge on any atom is -0.490 e. The second-order valence-electron chi connectivity index (χ2n) is 5.75. The molecule has 1 aliphatic heterocycles. The van der Waals surface area contributed by atoms with Crippen LogP contribution < -0.4 is 10.1 Å². The summed E-state index contributed by atoms with van der Waals surface area (Å²) in [6, 6.07) is 9.99. The number of aromatic nitrogens is 2. The topological polar surface area (TPSA) is 75.8 Å². The highest BCUT2D eigenvalue weighted by atomic mass is 16.5. The van der Waals surface area contributed by atoms with Crippen LogP contribution in [0.25, 0.3) is 0 Å². The van der Waals surface area contributed by atoms with E-state index >= 15 is 0 Å². The van der Waals surface area contributed by atoms with Crippen LogP contribution >= 0.6 is 0 Å². The van der Waals surface area contributed by atoms with Gasteiger partial charge in [0.2, 0.25) is 5.89 Å². The molecule has 128 valence electrons. The van der Waals surface area contributed by atoms with Crippen LogP contribution in [0.2, 0.25) is 0 Å². The van der Waals surface area contributed by atoms with Crippen molar-refractivity contribution in [3.63, 3.8) is 0 Å². The van der Waals surface area contributed by atoms with Gasteiger partial charge in [-0.15, -0.1) is 0 Å². The zero-order valence-electron chi connectivity index (χ0n) is 14.1. The van der Waals surface area contributed by atoms with Crippen molar-refractivity contribution in [3.05, 3.63) is 42.0 Å². The maximum Gasteiger partial charge on any atom is 0.223 e. The predicted octanol–water partition coefficient (Wildman–Crippen LogP) is 2.00. The molecular formula is C17H23N5O2. The molecule has 3 rings (SSSR count). The molecule has 24 heavy (non-hydrogen) atoms. The third kappa shape index (κ3) is 4.24. The predicted molar refractivity (Wildman–Crippen MR) is 90.9 cm³/mol. The summed E-state index contributed by atoms with van der Waals surface area (Å²) in [7, 11) is 1.79. The molecule has 0 atom stereocenters. The van der Waals surface area contributed by atoms with E-state index in [4.69, 9.17) is 9.26 Å². The zero-order chi connectivity index (χ0) is 16.8. The number of piperidine rings is 1. The second kappa shape index (κ2) is 7.81. The molecule has 0 aliphatic carbocycles. The van der Waals surface area contributed by atoms with Crippen LogP contribution in [0.15, 0.2) is 39.8 Å². The van der Waals surface area contributed by atoms with Crippen molar-refractivity contribution in [1.82, 2.24) is 20.4 Å². The standard InChI is InChI=1S/C17H23N5O2/c1-13-20-16(21-24-13)12-19-17(18-2)22-10-8-15(9-11-22)23-14-6-4-3-5-7-14/h3-7,15H,8-12H2,1-2H3,(H,18,19). The summed E-state index contributed by atoms with van der Waals surface area (Å²) < 4.78 is 11.0. The molecule has 0 radical (unpaired) electrons. The average molecular weight is 329 g/mol. The van der Waals surface area contributed by atoms with E-state index in [1.165, 1.54) is 0 Å². The van der Waals surface area contributed by atoms with Crippen LogP contribution in [0.1, 0.15) is 24.6 Å². The monoisotopic (exact) mass is 329 g/mol. The Kier molecular flexibility index (Phi) is 5.30. The van der Waals surface area contributed by atoms with Gasteiger partial charge in [0.15, 0.2) is 11.8 Å². The normalized spacial score (nSPS) is 16.2. The van der Waals surface area contributed by atoms with Gasteiger partial charge in [0, 0.05) is 39.9 Å². The van der Waals surface area contributed by atoms with Crippen molar-refractivity contribution < 1.29 is 9.26 Å². The molecule has 2 heterocycles. The van der Waals surface area contributed by atoms with Crippen molar-refractivity contribution in [1.29, 1.82) is 0 Å². The Labute approximate surface area is 141 Å². The first-order valence-corrected chi connectivity index (χ1v) is 8.21. The van der Waals surface area contributed by atoms with Gasteiger partial charge in [-0.25, -0.2) is 0 Å². The molecule has 1 aromatic carbocycles. The van der Waals surface area contributed by atoms with Crippen LogP contribution in [-0.4, -0.2) is 47.2 Å². The first-order valence-electron chi connectivity index (χ1n) is 8.21. The fourth-order valence-corrected chi connectivity index (χ4v) is 2.78. The minimum atomic E-state index is 0.251. The highest BCUT2D eigenvalue weighted by Crippen LogP contribution is 2.18. The van der Waals surface area contributed by atoms with Gasteiger partial charge in [0.05, 0.1) is 6.54 Å². The van der Waals surface area contributed by atoms with Crippen LogP contribution in [0.5, 0.6) is 5.75 Å². The molecule has 0 amide bonds. The van der Waals surface area contributed by atoms with Gasteiger partial charge in [-0.2, -0.15) is 4.98 Å². The number of aliphatic imine (C=N–C) groups is 1. The lowest BCUT2D eigenvalue weighted by Crippen LogP contribution is -2.47. The fraction of sp³-hybridized carbons (Fsp3) is 0.471. The Balaban J connectivity index is 1.47. The lowest BCUT2D eigenvalue weighted by atomic mass is 10.1. The van der Waals surface area contributed by atoms with Crippen LogP contribution in [0, 0.1) is 6.92 Å². The van der Waals surface area contributed by atoms with Gasteiger partial charge in [0.1, 0.15) is 11.9 Å². The molecule has 0 bridgehead atoms. The summed E-state index contributed by atoms with van der Waals surface area (Å²) in [4.78, 5) is 10.8. The summed E-state index contributed by atoms with van der Waals surface area (Å²) >= 11 is 0. The van der Waals surface area contributed by atoms with E-state index in [1.54, 1.807) is 14.0 Å². The molecular weight excluding hydrogens is 306 g/mol. The van der Waals surface area contributed by atoms with Crippen molar-refractivity contribution in [2.45, 2.75) is 32.4 Å². The summed E-state index contributed by atoms with van der Waals surface area (Å²) in [6.45, 7) is 4.10. The third-order valence-electron chi connectivity index (χ3n) is 3.97. The van der Waals surface area contributed by atoms with Gasteiger partial charge in [-0.3, -0.25) is 4.99 Å². The molecule has 0 unspecified atom stereocenters. The SMILES string of the molecule is CN=C(NCc1noc(C)n1)N1CCC(Oc2ccccc2)CC1. The molecule has 7 nitrogen and oxygen atoms in total. The number of ether oxygens (including phenoxy) is 1. The molecule has 2 aromatic rings. The van der Waals surface area contributed by atoms with E-state index in [0.717, 1.165) is 37.6 Å². The van der Waals surface area contributed by atoms with E-state index in [-0.39, 0.29) is 6.10 Å². The summed E-state index contributed by atoms with van der Waals surface area (Å²) in [5, 5.41) is 7.17.